The monoisotopic (exact) mass is 369 g/mol. The van der Waals surface area contributed by atoms with E-state index in [1.165, 1.54) is 16.4 Å². The van der Waals surface area contributed by atoms with Crippen LogP contribution in [-0.2, 0) is 10.0 Å². The lowest BCUT2D eigenvalue weighted by Crippen LogP contribution is -2.42. The van der Waals surface area contributed by atoms with Crippen molar-refractivity contribution in [3.8, 4) is 0 Å². The van der Waals surface area contributed by atoms with Crippen molar-refractivity contribution in [3.63, 3.8) is 0 Å². The third kappa shape index (κ3) is 3.88. The van der Waals surface area contributed by atoms with Crippen LogP contribution in [-0.4, -0.2) is 37.3 Å². The molecular formula is C12H17Cl2N3O4S. The van der Waals surface area contributed by atoms with E-state index in [9.17, 15) is 18.5 Å². The molecule has 0 spiro atoms. The zero-order chi connectivity index (χ0) is 15.6. The molecule has 0 amide bonds. The maximum atomic E-state index is 12.6. The predicted molar refractivity (Wildman–Crippen MR) is 85.9 cm³/mol. The summed E-state index contributed by atoms with van der Waals surface area (Å²) < 4.78 is 26.5. The van der Waals surface area contributed by atoms with E-state index < -0.39 is 20.6 Å². The van der Waals surface area contributed by atoms with Gasteiger partial charge in [-0.15, -0.1) is 12.4 Å². The smallest absolute Gasteiger partial charge is 0.290 e. The van der Waals surface area contributed by atoms with Crippen molar-refractivity contribution in [2.24, 2.45) is 11.7 Å². The molecule has 1 heterocycles. The molecular weight excluding hydrogens is 353 g/mol. The van der Waals surface area contributed by atoms with Gasteiger partial charge in [0.25, 0.3) is 5.69 Å². The Hall–Kier alpha value is -0.930. The zero-order valence-corrected chi connectivity index (χ0v) is 14.0. The number of nitrogens with two attached hydrogens (primary N) is 1. The van der Waals surface area contributed by atoms with Gasteiger partial charge in [0, 0.05) is 24.2 Å². The first-order valence-corrected chi connectivity index (χ1v) is 8.32. The molecule has 1 unspecified atom stereocenters. The van der Waals surface area contributed by atoms with Crippen LogP contribution in [0.1, 0.15) is 12.8 Å². The third-order valence-electron chi connectivity index (χ3n) is 3.55. The van der Waals surface area contributed by atoms with Gasteiger partial charge in [0.1, 0.15) is 0 Å². The van der Waals surface area contributed by atoms with Gasteiger partial charge in [-0.2, -0.15) is 4.31 Å². The molecule has 0 aromatic heterocycles. The molecule has 1 saturated heterocycles. The predicted octanol–water partition coefficient (Wildman–Crippen LogP) is 2.03. The Labute approximate surface area is 140 Å². The summed E-state index contributed by atoms with van der Waals surface area (Å²) in [5.41, 5.74) is 5.10. The lowest BCUT2D eigenvalue weighted by molar-refractivity contribution is -0.387. The Morgan fingerprint density at radius 2 is 2.14 bits per heavy atom. The van der Waals surface area contributed by atoms with Crippen molar-refractivity contribution in [1.29, 1.82) is 0 Å². The summed E-state index contributed by atoms with van der Waals surface area (Å²) in [5.74, 6) is 0.0832. The van der Waals surface area contributed by atoms with Crippen LogP contribution in [0, 0.1) is 16.0 Å². The van der Waals surface area contributed by atoms with E-state index in [1.54, 1.807) is 0 Å². The Bertz CT molecular complexity index is 654. The van der Waals surface area contributed by atoms with Crippen LogP contribution < -0.4 is 5.73 Å². The molecule has 22 heavy (non-hydrogen) atoms. The second-order valence-corrected chi connectivity index (χ2v) is 7.32. The van der Waals surface area contributed by atoms with E-state index in [0.29, 0.717) is 26.1 Å². The van der Waals surface area contributed by atoms with Gasteiger partial charge >= 0.3 is 0 Å². The number of nitro benzene ring substituents is 1. The fourth-order valence-electron chi connectivity index (χ4n) is 2.43. The van der Waals surface area contributed by atoms with Gasteiger partial charge in [0.15, 0.2) is 4.90 Å². The molecule has 0 bridgehead atoms. The van der Waals surface area contributed by atoms with E-state index in [4.69, 9.17) is 17.3 Å². The fourth-order valence-corrected chi connectivity index (χ4v) is 4.29. The minimum Gasteiger partial charge on any atom is -0.330 e. The summed E-state index contributed by atoms with van der Waals surface area (Å²) in [6.07, 6.45) is 1.56. The number of nitrogens with zero attached hydrogens (tertiary/aromatic N) is 2. The van der Waals surface area contributed by atoms with Crippen molar-refractivity contribution in [2.75, 3.05) is 19.6 Å². The van der Waals surface area contributed by atoms with E-state index in [0.717, 1.165) is 12.5 Å². The van der Waals surface area contributed by atoms with Crippen LogP contribution >= 0.6 is 24.0 Å². The first kappa shape index (κ1) is 19.1. The average molecular weight is 370 g/mol. The summed E-state index contributed by atoms with van der Waals surface area (Å²) in [7, 11) is -3.92. The van der Waals surface area contributed by atoms with Crippen LogP contribution in [0.5, 0.6) is 0 Å². The number of piperidine rings is 1. The Morgan fingerprint density at radius 3 is 2.73 bits per heavy atom. The van der Waals surface area contributed by atoms with Crippen molar-refractivity contribution in [2.45, 2.75) is 17.7 Å². The number of nitro groups is 1. The second-order valence-electron chi connectivity index (χ2n) is 4.98. The first-order chi connectivity index (χ1) is 9.86. The van der Waals surface area contributed by atoms with Gasteiger partial charge in [-0.3, -0.25) is 10.1 Å². The van der Waals surface area contributed by atoms with Crippen LogP contribution in [0.3, 0.4) is 0 Å². The SMILES string of the molecule is Cl.NCC1CCCN(S(=O)(=O)c2ccc(Cl)cc2[N+](=O)[O-])C1. The summed E-state index contributed by atoms with van der Waals surface area (Å²) >= 11 is 5.71. The minimum absolute atomic E-state index is 0. The largest absolute Gasteiger partial charge is 0.330 e. The molecule has 1 aromatic carbocycles. The van der Waals surface area contributed by atoms with Gasteiger partial charge in [0.05, 0.1) is 4.92 Å². The molecule has 1 aliphatic rings. The molecule has 2 rings (SSSR count). The van der Waals surface area contributed by atoms with Crippen molar-refractivity contribution < 1.29 is 13.3 Å². The van der Waals surface area contributed by atoms with Gasteiger partial charge in [-0.1, -0.05) is 11.6 Å². The van der Waals surface area contributed by atoms with Crippen LogP contribution in [0.15, 0.2) is 23.1 Å². The molecule has 1 fully saturated rings. The topological polar surface area (TPSA) is 107 Å². The molecule has 1 aliphatic heterocycles. The van der Waals surface area contributed by atoms with Crippen LogP contribution in [0.4, 0.5) is 5.69 Å². The van der Waals surface area contributed by atoms with E-state index in [1.807, 2.05) is 0 Å². The maximum absolute atomic E-state index is 12.6. The van der Waals surface area contributed by atoms with Gasteiger partial charge in [-0.25, -0.2) is 8.42 Å². The maximum Gasteiger partial charge on any atom is 0.290 e. The first-order valence-electron chi connectivity index (χ1n) is 6.50. The molecule has 1 atom stereocenters. The van der Waals surface area contributed by atoms with Gasteiger partial charge < -0.3 is 5.73 Å². The number of benzene rings is 1. The summed E-state index contributed by atoms with van der Waals surface area (Å²) in [6.45, 7) is 1.03. The van der Waals surface area contributed by atoms with Crippen molar-refractivity contribution in [1.82, 2.24) is 4.31 Å². The molecule has 124 valence electrons. The van der Waals surface area contributed by atoms with Crippen molar-refractivity contribution in [3.05, 3.63) is 33.3 Å². The van der Waals surface area contributed by atoms with Gasteiger partial charge in [0.2, 0.25) is 10.0 Å². The number of halogens is 2. The zero-order valence-electron chi connectivity index (χ0n) is 11.6. The molecule has 1 aromatic rings. The highest BCUT2D eigenvalue weighted by Gasteiger charge is 2.34. The molecule has 0 aliphatic carbocycles. The normalized spacial score (nSPS) is 19.5. The van der Waals surface area contributed by atoms with Crippen LogP contribution in [0.2, 0.25) is 5.02 Å². The molecule has 0 saturated carbocycles. The summed E-state index contributed by atoms with van der Waals surface area (Å²) in [6, 6.07) is 3.58. The van der Waals surface area contributed by atoms with Crippen LogP contribution in [0.25, 0.3) is 0 Å². The molecule has 0 radical (unpaired) electrons. The number of sulfonamides is 1. The highest BCUT2D eigenvalue weighted by atomic mass is 35.5. The Morgan fingerprint density at radius 1 is 1.45 bits per heavy atom. The number of hydrogen-bond acceptors (Lipinski definition) is 5. The average Bonchev–Trinajstić information content (AvgIpc) is 2.46. The van der Waals surface area contributed by atoms with Gasteiger partial charge in [-0.05, 0) is 37.4 Å². The number of rotatable bonds is 4. The molecule has 10 heteroatoms. The Kier molecular flexibility index (Phi) is 6.57. The highest BCUT2D eigenvalue weighted by molar-refractivity contribution is 7.89. The van der Waals surface area contributed by atoms with E-state index in [-0.39, 0.29) is 28.2 Å². The molecule has 7 nitrogen and oxygen atoms in total. The lowest BCUT2D eigenvalue weighted by atomic mass is 10.0. The quantitative estimate of drug-likeness (QED) is 0.645. The molecule has 2 N–H and O–H groups in total. The fraction of sp³-hybridized carbons (Fsp3) is 0.500. The summed E-state index contributed by atoms with van der Waals surface area (Å²) in [5, 5.41) is 11.2. The highest BCUT2D eigenvalue weighted by Crippen LogP contribution is 2.31. The summed E-state index contributed by atoms with van der Waals surface area (Å²) in [4.78, 5) is 10.0. The lowest BCUT2D eigenvalue weighted by Gasteiger charge is -2.31. The Balaban J connectivity index is 0.00000242. The van der Waals surface area contributed by atoms with E-state index >= 15 is 0 Å². The van der Waals surface area contributed by atoms with E-state index in [2.05, 4.69) is 0 Å². The minimum atomic E-state index is -3.92. The number of hydrogen-bond donors (Lipinski definition) is 1. The standard InChI is InChI=1S/C12H16ClN3O4S.ClH/c13-10-3-4-12(11(6-10)16(17)18)21(19,20)15-5-1-2-9(7-14)8-15;/h3-4,6,9H,1-2,5,7-8,14H2;1H. The second kappa shape index (κ2) is 7.56. The third-order valence-corrected chi connectivity index (χ3v) is 5.70. The van der Waals surface area contributed by atoms with Crippen molar-refractivity contribution >= 4 is 39.7 Å².